The Morgan fingerprint density at radius 1 is 1.16 bits per heavy atom. The molecule has 130 valence electrons. The second kappa shape index (κ2) is 8.33. The first-order chi connectivity index (χ1) is 11.9. The number of Topliss-reactive ketones (excluding diaryl/α,β-unsaturated/α-hetero) is 1. The predicted octanol–water partition coefficient (Wildman–Crippen LogP) is 3.84. The maximum absolute atomic E-state index is 11.8. The largest absolute Gasteiger partial charge is 0.465 e. The number of ether oxygens (including phenoxy) is 1. The lowest BCUT2D eigenvalue weighted by Gasteiger charge is -2.08. The Kier molecular flexibility index (Phi) is 6.17. The van der Waals surface area contributed by atoms with E-state index in [0.717, 1.165) is 22.5 Å². The zero-order valence-corrected chi connectivity index (χ0v) is 14.9. The van der Waals surface area contributed by atoms with Gasteiger partial charge in [0.2, 0.25) is 0 Å². The summed E-state index contributed by atoms with van der Waals surface area (Å²) in [4.78, 5) is 32.2. The van der Waals surface area contributed by atoms with E-state index in [1.807, 2.05) is 50.2 Å². The minimum absolute atomic E-state index is 0.229. The molecule has 2 rings (SSSR count). The Bertz CT molecular complexity index is 792. The highest BCUT2D eigenvalue weighted by Crippen LogP contribution is 2.25. The van der Waals surface area contributed by atoms with Gasteiger partial charge in [0, 0.05) is 17.6 Å². The summed E-state index contributed by atoms with van der Waals surface area (Å²) in [5.74, 6) is -1.84. The maximum atomic E-state index is 11.8. The smallest absolute Gasteiger partial charge is 0.321 e. The Morgan fingerprint density at radius 3 is 2.44 bits per heavy atom. The van der Waals surface area contributed by atoms with Crippen LogP contribution in [0.5, 0.6) is 0 Å². The predicted molar refractivity (Wildman–Crippen MR) is 98.1 cm³/mol. The third-order valence-electron chi connectivity index (χ3n) is 3.61. The summed E-state index contributed by atoms with van der Waals surface area (Å²) in [5.41, 5.74) is 4.61. The lowest BCUT2D eigenvalue weighted by Crippen LogP contribution is -2.25. The van der Waals surface area contributed by atoms with Gasteiger partial charge in [0.25, 0.3) is 0 Å². The van der Waals surface area contributed by atoms with Crippen molar-refractivity contribution < 1.29 is 14.3 Å². The van der Waals surface area contributed by atoms with Crippen molar-refractivity contribution in [1.82, 2.24) is 4.98 Å². The van der Waals surface area contributed by atoms with E-state index < -0.39 is 11.9 Å². The van der Waals surface area contributed by atoms with Crippen LogP contribution in [-0.2, 0) is 14.3 Å². The molecule has 0 amide bonds. The van der Waals surface area contributed by atoms with Gasteiger partial charge in [0.05, 0.1) is 12.3 Å². The van der Waals surface area contributed by atoms with Crippen molar-refractivity contribution in [3.05, 3.63) is 47.8 Å². The van der Waals surface area contributed by atoms with Crippen molar-refractivity contribution >= 4 is 23.7 Å². The van der Waals surface area contributed by atoms with Gasteiger partial charge >= 0.3 is 5.97 Å². The molecule has 0 N–H and O–H groups in total. The minimum Gasteiger partial charge on any atom is -0.465 e. The molecule has 0 bridgehead atoms. The summed E-state index contributed by atoms with van der Waals surface area (Å²) in [7, 11) is 0. The van der Waals surface area contributed by atoms with Crippen molar-refractivity contribution in [2.24, 2.45) is 10.9 Å². The first-order valence-corrected chi connectivity index (χ1v) is 8.17. The van der Waals surface area contributed by atoms with Crippen LogP contribution in [-0.4, -0.2) is 29.6 Å². The van der Waals surface area contributed by atoms with E-state index in [1.54, 1.807) is 6.92 Å². The second-order valence-corrected chi connectivity index (χ2v) is 5.81. The van der Waals surface area contributed by atoms with E-state index in [9.17, 15) is 9.59 Å². The van der Waals surface area contributed by atoms with Crippen molar-refractivity contribution in [3.8, 4) is 11.1 Å². The molecule has 0 fully saturated rings. The molecule has 1 unspecified atom stereocenters. The molecule has 0 saturated heterocycles. The molecule has 0 aliphatic rings. The molecule has 1 atom stereocenters. The number of aliphatic imine (C=N–C) groups is 1. The SMILES string of the molecule is CCOC(=O)C(C=Nc1cccc(-c2cc(C)nc(C)c2)c1)C(C)=O. The number of nitrogens with zero attached hydrogens (tertiary/aromatic N) is 2. The van der Waals surface area contributed by atoms with Crippen LogP contribution in [0.25, 0.3) is 11.1 Å². The third-order valence-corrected chi connectivity index (χ3v) is 3.61. The maximum Gasteiger partial charge on any atom is 0.321 e. The topological polar surface area (TPSA) is 68.6 Å². The normalized spacial score (nSPS) is 12.2. The standard InChI is InChI=1S/C20H22N2O3/c1-5-25-20(24)19(15(4)23)12-21-18-8-6-7-16(11-18)17-9-13(2)22-14(3)10-17/h6-12,19H,5H2,1-4H3. The van der Waals surface area contributed by atoms with Gasteiger partial charge in [-0.3, -0.25) is 19.6 Å². The molecular formula is C20H22N2O3. The molecule has 2 aromatic rings. The first-order valence-electron chi connectivity index (χ1n) is 8.17. The molecule has 5 heteroatoms. The van der Waals surface area contributed by atoms with Crippen LogP contribution in [0.3, 0.4) is 0 Å². The quantitative estimate of drug-likeness (QED) is 0.456. The minimum atomic E-state index is -0.978. The molecule has 0 radical (unpaired) electrons. The second-order valence-electron chi connectivity index (χ2n) is 5.81. The average Bonchev–Trinajstić information content (AvgIpc) is 2.54. The highest BCUT2D eigenvalue weighted by Gasteiger charge is 2.22. The van der Waals surface area contributed by atoms with E-state index in [4.69, 9.17) is 4.74 Å². The van der Waals surface area contributed by atoms with Crippen LogP contribution in [0.1, 0.15) is 25.2 Å². The van der Waals surface area contributed by atoms with Gasteiger partial charge in [0.15, 0.2) is 5.92 Å². The number of pyridine rings is 1. The lowest BCUT2D eigenvalue weighted by atomic mass is 10.0. The fourth-order valence-corrected chi connectivity index (χ4v) is 2.49. The first kappa shape index (κ1) is 18.5. The van der Waals surface area contributed by atoms with Crippen LogP contribution in [0, 0.1) is 19.8 Å². The zero-order chi connectivity index (χ0) is 18.4. The molecule has 0 saturated carbocycles. The number of aryl methyl sites for hydroxylation is 2. The Balaban J connectivity index is 2.28. The molecule has 0 spiro atoms. The van der Waals surface area contributed by atoms with Gasteiger partial charge in [-0.2, -0.15) is 0 Å². The molecule has 1 aromatic heterocycles. The highest BCUT2D eigenvalue weighted by molar-refractivity contribution is 6.11. The molecular weight excluding hydrogens is 316 g/mol. The number of carbonyl (C=O) groups is 2. The van der Waals surface area contributed by atoms with Crippen LogP contribution in [0.2, 0.25) is 0 Å². The van der Waals surface area contributed by atoms with Gasteiger partial charge in [-0.1, -0.05) is 12.1 Å². The van der Waals surface area contributed by atoms with Crippen LogP contribution in [0.4, 0.5) is 5.69 Å². The van der Waals surface area contributed by atoms with Gasteiger partial charge in [-0.25, -0.2) is 0 Å². The molecule has 25 heavy (non-hydrogen) atoms. The number of hydrogen-bond donors (Lipinski definition) is 0. The third kappa shape index (κ3) is 5.08. The summed E-state index contributed by atoms with van der Waals surface area (Å²) >= 11 is 0. The van der Waals surface area contributed by atoms with E-state index in [0.29, 0.717) is 5.69 Å². The van der Waals surface area contributed by atoms with E-state index >= 15 is 0 Å². The summed E-state index contributed by atoms with van der Waals surface area (Å²) < 4.78 is 4.92. The summed E-state index contributed by atoms with van der Waals surface area (Å²) in [6.07, 6.45) is 1.35. The molecule has 5 nitrogen and oxygen atoms in total. The van der Waals surface area contributed by atoms with E-state index in [1.165, 1.54) is 13.1 Å². The van der Waals surface area contributed by atoms with Gasteiger partial charge in [-0.05, 0) is 63.1 Å². The van der Waals surface area contributed by atoms with Crippen molar-refractivity contribution in [3.63, 3.8) is 0 Å². The summed E-state index contributed by atoms with van der Waals surface area (Å²) in [5, 5.41) is 0. The number of benzene rings is 1. The summed E-state index contributed by atoms with van der Waals surface area (Å²) in [6, 6.07) is 11.6. The van der Waals surface area contributed by atoms with E-state index in [2.05, 4.69) is 9.98 Å². The van der Waals surface area contributed by atoms with E-state index in [-0.39, 0.29) is 12.4 Å². The molecule has 0 aliphatic carbocycles. The zero-order valence-electron chi connectivity index (χ0n) is 14.9. The van der Waals surface area contributed by atoms with Crippen molar-refractivity contribution in [2.75, 3.05) is 6.61 Å². The number of esters is 1. The average molecular weight is 338 g/mol. The van der Waals surface area contributed by atoms with Crippen molar-refractivity contribution in [2.45, 2.75) is 27.7 Å². The number of rotatable bonds is 6. The fourth-order valence-electron chi connectivity index (χ4n) is 2.49. The Hall–Kier alpha value is -2.82. The molecule has 0 aliphatic heterocycles. The van der Waals surface area contributed by atoms with Crippen LogP contribution < -0.4 is 0 Å². The van der Waals surface area contributed by atoms with Crippen LogP contribution >= 0.6 is 0 Å². The number of ketones is 1. The number of aromatic nitrogens is 1. The number of carbonyl (C=O) groups excluding carboxylic acids is 2. The Labute approximate surface area is 147 Å². The number of hydrogen-bond acceptors (Lipinski definition) is 5. The molecule has 1 aromatic carbocycles. The van der Waals surface area contributed by atoms with Gasteiger partial charge < -0.3 is 4.74 Å². The Morgan fingerprint density at radius 2 is 1.84 bits per heavy atom. The molecule has 1 heterocycles. The van der Waals surface area contributed by atoms with Gasteiger partial charge in [-0.15, -0.1) is 0 Å². The van der Waals surface area contributed by atoms with Crippen molar-refractivity contribution in [1.29, 1.82) is 0 Å². The van der Waals surface area contributed by atoms with Crippen LogP contribution in [0.15, 0.2) is 41.4 Å². The van der Waals surface area contributed by atoms with Gasteiger partial charge in [0.1, 0.15) is 5.78 Å². The summed E-state index contributed by atoms with van der Waals surface area (Å²) in [6.45, 7) is 7.19. The highest BCUT2D eigenvalue weighted by atomic mass is 16.5. The fraction of sp³-hybridized carbons (Fsp3) is 0.300. The lowest BCUT2D eigenvalue weighted by molar-refractivity contribution is -0.148. The monoisotopic (exact) mass is 338 g/mol.